The van der Waals surface area contributed by atoms with Crippen molar-refractivity contribution < 1.29 is 24.6 Å². The summed E-state index contributed by atoms with van der Waals surface area (Å²) in [6.07, 6.45) is 7.02. The lowest BCUT2D eigenvalue weighted by Crippen LogP contribution is -2.53. The minimum atomic E-state index is -1.03. The van der Waals surface area contributed by atoms with Gasteiger partial charge in [0.1, 0.15) is 12.6 Å². The Morgan fingerprint density at radius 3 is 1.95 bits per heavy atom. The lowest BCUT2D eigenvalue weighted by molar-refractivity contribution is -0.145. The first-order valence-corrected chi connectivity index (χ1v) is 16.2. The van der Waals surface area contributed by atoms with Gasteiger partial charge in [0.25, 0.3) is 0 Å². The average molecular weight is 586 g/mol. The molecule has 0 radical (unpaired) electrons. The summed E-state index contributed by atoms with van der Waals surface area (Å²) in [5.41, 5.74) is 0.925. The van der Waals surface area contributed by atoms with E-state index in [1.165, 1.54) is 11.3 Å². The maximum atomic E-state index is 13.9. The van der Waals surface area contributed by atoms with Crippen LogP contribution in [0.5, 0.6) is 0 Å². The summed E-state index contributed by atoms with van der Waals surface area (Å²) in [6, 6.07) is 8.81. The van der Waals surface area contributed by atoms with Gasteiger partial charge in [0.05, 0.1) is 18.2 Å². The Morgan fingerprint density at radius 2 is 1.40 bits per heavy atom. The zero-order valence-corrected chi connectivity index (χ0v) is 26.6. The molecule has 2 saturated carbocycles. The molecule has 236 valence electrons. The van der Waals surface area contributed by atoms with E-state index in [0.29, 0.717) is 31.2 Å². The quantitative estimate of drug-likeness (QED) is 0.291. The topological polar surface area (TPSA) is 101 Å². The van der Waals surface area contributed by atoms with Crippen molar-refractivity contribution in [3.05, 3.63) is 35.9 Å². The van der Waals surface area contributed by atoms with Crippen molar-refractivity contribution in [2.45, 2.75) is 116 Å². The van der Waals surface area contributed by atoms with Crippen LogP contribution < -0.4 is 0 Å². The van der Waals surface area contributed by atoms with Crippen molar-refractivity contribution in [2.75, 3.05) is 27.2 Å². The largest absolute Gasteiger partial charge is 0.390 e. The Bertz CT molecular complexity index is 990. The van der Waals surface area contributed by atoms with E-state index in [4.69, 9.17) is 0 Å². The molecule has 0 spiro atoms. The fourth-order valence-corrected chi connectivity index (χ4v) is 6.24. The van der Waals surface area contributed by atoms with Crippen molar-refractivity contribution in [1.82, 2.24) is 14.7 Å². The van der Waals surface area contributed by atoms with E-state index < -0.39 is 18.2 Å². The molecule has 0 unspecified atom stereocenters. The van der Waals surface area contributed by atoms with Crippen LogP contribution in [-0.2, 0) is 14.4 Å². The molecule has 2 fully saturated rings. The summed E-state index contributed by atoms with van der Waals surface area (Å²) in [7, 11) is 3.34. The minimum Gasteiger partial charge on any atom is -0.390 e. The summed E-state index contributed by atoms with van der Waals surface area (Å²) >= 11 is 0. The number of rotatable bonds is 16. The van der Waals surface area contributed by atoms with Gasteiger partial charge in [0.15, 0.2) is 0 Å². The molecule has 8 heteroatoms. The molecule has 2 aliphatic rings. The van der Waals surface area contributed by atoms with Gasteiger partial charge >= 0.3 is 0 Å². The molecule has 2 aliphatic carbocycles. The Morgan fingerprint density at radius 1 is 0.810 bits per heavy atom. The molecule has 0 bridgehead atoms. The van der Waals surface area contributed by atoms with Crippen LogP contribution in [0.3, 0.4) is 0 Å². The van der Waals surface area contributed by atoms with E-state index in [2.05, 4.69) is 0 Å². The number of aliphatic hydroxyl groups is 2. The number of likely N-dealkylation sites (N-methyl/N-ethyl adjacent to an activating group) is 1. The molecule has 1 aromatic carbocycles. The number of hydrogen-bond acceptors (Lipinski definition) is 5. The number of carbonyl (C=O) groups excluding carboxylic acids is 3. The average Bonchev–Trinajstić information content (AvgIpc) is 3.80. The molecule has 3 amide bonds. The monoisotopic (exact) mass is 585 g/mol. The van der Waals surface area contributed by atoms with Gasteiger partial charge in [-0.2, -0.15) is 0 Å². The molecule has 2 N–H and O–H groups in total. The van der Waals surface area contributed by atoms with Crippen LogP contribution in [0.1, 0.15) is 103 Å². The molecule has 4 atom stereocenters. The van der Waals surface area contributed by atoms with Gasteiger partial charge in [-0.25, -0.2) is 0 Å². The predicted octanol–water partition coefficient (Wildman–Crippen LogP) is 4.79. The van der Waals surface area contributed by atoms with E-state index in [1.54, 1.807) is 19.0 Å². The van der Waals surface area contributed by atoms with Crippen LogP contribution in [0, 0.1) is 17.8 Å². The predicted molar refractivity (Wildman–Crippen MR) is 165 cm³/mol. The molecule has 0 heterocycles. The van der Waals surface area contributed by atoms with Crippen LogP contribution in [0.4, 0.5) is 0 Å². The van der Waals surface area contributed by atoms with Gasteiger partial charge in [-0.15, -0.1) is 0 Å². The SMILES string of the molecule is CC(C)C[C@H](O)[C@H](O)[C@H](CC1CCCCC1)N(CC1CC1)C(=O)CCC(=O)N(CC(=O)N(C)C)[C@@H](C)c1ccccc1. The summed E-state index contributed by atoms with van der Waals surface area (Å²) in [5, 5.41) is 22.4. The highest BCUT2D eigenvalue weighted by molar-refractivity contribution is 5.87. The summed E-state index contributed by atoms with van der Waals surface area (Å²) < 4.78 is 0. The fourth-order valence-electron chi connectivity index (χ4n) is 6.24. The first kappa shape index (κ1) is 34.0. The highest BCUT2D eigenvalue weighted by Crippen LogP contribution is 2.35. The minimum absolute atomic E-state index is 0.00782. The third kappa shape index (κ3) is 10.4. The summed E-state index contributed by atoms with van der Waals surface area (Å²) in [6.45, 7) is 6.44. The lowest BCUT2D eigenvalue weighted by Gasteiger charge is -2.40. The molecule has 0 aromatic heterocycles. The number of nitrogens with zero attached hydrogens (tertiary/aromatic N) is 3. The molecular formula is C34H55N3O5. The molecule has 1 aromatic rings. The summed E-state index contributed by atoms with van der Waals surface area (Å²) in [4.78, 5) is 45.1. The molecule has 8 nitrogen and oxygen atoms in total. The van der Waals surface area contributed by atoms with Gasteiger partial charge in [-0.3, -0.25) is 14.4 Å². The van der Waals surface area contributed by atoms with Gasteiger partial charge in [0, 0.05) is 33.5 Å². The Hall–Kier alpha value is -2.45. The van der Waals surface area contributed by atoms with Crippen molar-refractivity contribution in [3.63, 3.8) is 0 Å². The van der Waals surface area contributed by atoms with E-state index in [9.17, 15) is 24.6 Å². The second kappa shape index (κ2) is 16.4. The molecule has 3 rings (SSSR count). The van der Waals surface area contributed by atoms with Crippen molar-refractivity contribution in [1.29, 1.82) is 0 Å². The highest BCUT2D eigenvalue weighted by Gasteiger charge is 2.39. The van der Waals surface area contributed by atoms with Crippen molar-refractivity contribution >= 4 is 17.7 Å². The number of amides is 3. The second-order valence-electron chi connectivity index (χ2n) is 13.4. The lowest BCUT2D eigenvalue weighted by atomic mass is 9.81. The number of benzene rings is 1. The molecule has 0 aliphatic heterocycles. The second-order valence-corrected chi connectivity index (χ2v) is 13.4. The van der Waals surface area contributed by atoms with Crippen LogP contribution >= 0.6 is 0 Å². The first-order valence-electron chi connectivity index (χ1n) is 16.2. The molecule has 0 saturated heterocycles. The number of aliphatic hydroxyl groups excluding tert-OH is 2. The van der Waals surface area contributed by atoms with Gasteiger partial charge in [0.2, 0.25) is 17.7 Å². The fraction of sp³-hybridized carbons (Fsp3) is 0.735. The number of hydrogen-bond donors (Lipinski definition) is 2. The maximum absolute atomic E-state index is 13.9. The van der Waals surface area contributed by atoms with Crippen LogP contribution in [-0.4, -0.2) is 88.1 Å². The highest BCUT2D eigenvalue weighted by atomic mass is 16.3. The number of carbonyl (C=O) groups is 3. The third-order valence-electron chi connectivity index (χ3n) is 9.10. The Kier molecular flexibility index (Phi) is 13.3. The zero-order chi connectivity index (χ0) is 30.8. The van der Waals surface area contributed by atoms with Gasteiger partial charge < -0.3 is 24.9 Å². The summed E-state index contributed by atoms with van der Waals surface area (Å²) in [5.74, 6) is 0.462. The van der Waals surface area contributed by atoms with Crippen LogP contribution in [0.15, 0.2) is 30.3 Å². The first-order chi connectivity index (χ1) is 20.0. The van der Waals surface area contributed by atoms with Crippen molar-refractivity contribution in [2.24, 2.45) is 17.8 Å². The van der Waals surface area contributed by atoms with Crippen molar-refractivity contribution in [3.8, 4) is 0 Å². The standard InChI is InChI=1S/C34H55N3O5/c1-24(2)20-30(38)34(42)29(21-26-12-8-6-9-13-26)37(22-27-16-17-27)32(40)19-18-31(39)36(23-33(41)35(4)5)25(3)28-14-10-7-11-15-28/h7,10-11,14-15,24-27,29-30,34,38,42H,6,8-9,12-13,16-23H2,1-5H3/t25-,29-,30-,34+/m0/s1. The van der Waals surface area contributed by atoms with E-state index in [-0.39, 0.29) is 49.1 Å². The van der Waals surface area contributed by atoms with E-state index >= 15 is 0 Å². The third-order valence-corrected chi connectivity index (χ3v) is 9.10. The molecule has 42 heavy (non-hydrogen) atoms. The van der Waals surface area contributed by atoms with Crippen LogP contribution in [0.25, 0.3) is 0 Å². The smallest absolute Gasteiger partial charge is 0.241 e. The van der Waals surface area contributed by atoms with Gasteiger partial charge in [-0.05, 0) is 55.9 Å². The zero-order valence-electron chi connectivity index (χ0n) is 26.6. The van der Waals surface area contributed by atoms with Crippen LogP contribution in [0.2, 0.25) is 0 Å². The Labute approximate surface area is 253 Å². The van der Waals surface area contributed by atoms with E-state index in [1.807, 2.05) is 56.0 Å². The van der Waals surface area contributed by atoms with E-state index in [0.717, 1.165) is 44.1 Å². The Balaban J connectivity index is 1.78. The maximum Gasteiger partial charge on any atom is 0.241 e. The van der Waals surface area contributed by atoms with Gasteiger partial charge in [-0.1, -0.05) is 76.3 Å². The molecular weight excluding hydrogens is 530 g/mol. The normalized spacial score (nSPS) is 18.7.